The number of nitrogens with zero attached hydrogens (tertiary/aromatic N) is 1. The van der Waals surface area contributed by atoms with Gasteiger partial charge < -0.3 is 14.6 Å². The van der Waals surface area contributed by atoms with E-state index in [1.54, 1.807) is 38.2 Å². The van der Waals surface area contributed by atoms with Crippen LogP contribution in [0, 0.1) is 0 Å². The summed E-state index contributed by atoms with van der Waals surface area (Å²) in [4.78, 5) is 48.5. The molecule has 0 radical (unpaired) electrons. The summed E-state index contributed by atoms with van der Waals surface area (Å²) >= 11 is 0. The summed E-state index contributed by atoms with van der Waals surface area (Å²) in [6.07, 6.45) is 7.59. The third kappa shape index (κ3) is 10.3. The first-order chi connectivity index (χ1) is 11.9. The molecule has 0 aliphatic carbocycles. The molecule has 0 aromatic heterocycles. The van der Waals surface area contributed by atoms with E-state index in [0.29, 0.717) is 17.7 Å². The normalized spacial score (nSPS) is 11.6. The van der Waals surface area contributed by atoms with Gasteiger partial charge in [0.25, 0.3) is 0 Å². The number of carboxylic acids is 1. The van der Waals surface area contributed by atoms with Gasteiger partial charge in [-0.05, 0) is 26.7 Å². The third-order valence-electron chi connectivity index (χ3n) is 3.20. The van der Waals surface area contributed by atoms with E-state index in [1.165, 1.54) is 0 Å². The SMILES string of the molecule is C=COC(=O)C(CC(=O)[O-])N(C(=O)CC/C=C/C)C(=O)CC/C=C/C.[Na+]. The zero-order valence-corrected chi connectivity index (χ0v) is 17.6. The molecule has 0 aliphatic rings. The number of carboxylic acid groups (broad SMARTS) is 1. The first-order valence-corrected chi connectivity index (χ1v) is 7.97. The van der Waals surface area contributed by atoms with Crippen LogP contribution in [0.1, 0.15) is 46.0 Å². The van der Waals surface area contributed by atoms with E-state index in [1.807, 2.05) is 0 Å². The second kappa shape index (κ2) is 15.5. The Morgan fingerprint density at radius 2 is 1.50 bits per heavy atom. The Labute approximate surface area is 176 Å². The monoisotopic (exact) mass is 373 g/mol. The van der Waals surface area contributed by atoms with Gasteiger partial charge in [-0.1, -0.05) is 30.9 Å². The van der Waals surface area contributed by atoms with Crippen molar-refractivity contribution in [1.29, 1.82) is 0 Å². The van der Waals surface area contributed by atoms with Crippen molar-refractivity contribution in [3.63, 3.8) is 0 Å². The molecular formula is C18H24NNaO6. The molecule has 0 spiro atoms. The minimum absolute atomic E-state index is 0. The molecule has 2 amide bonds. The predicted octanol–water partition coefficient (Wildman–Crippen LogP) is -1.75. The van der Waals surface area contributed by atoms with Crippen molar-refractivity contribution in [1.82, 2.24) is 4.90 Å². The Morgan fingerprint density at radius 1 is 1.04 bits per heavy atom. The number of ether oxygens (including phenoxy) is 1. The van der Waals surface area contributed by atoms with E-state index in [0.717, 1.165) is 6.26 Å². The average molecular weight is 373 g/mol. The number of aliphatic carboxylic acids is 1. The van der Waals surface area contributed by atoms with Crippen molar-refractivity contribution in [3.8, 4) is 0 Å². The Balaban J connectivity index is 0. The number of imide groups is 1. The van der Waals surface area contributed by atoms with Gasteiger partial charge in [-0.3, -0.25) is 14.5 Å². The summed E-state index contributed by atoms with van der Waals surface area (Å²) in [5.74, 6) is -3.90. The van der Waals surface area contributed by atoms with E-state index < -0.39 is 36.2 Å². The molecule has 0 aromatic rings. The Morgan fingerprint density at radius 3 is 1.85 bits per heavy atom. The number of carbonyl (C=O) groups is 4. The van der Waals surface area contributed by atoms with Crippen LogP contribution in [0.15, 0.2) is 37.1 Å². The molecule has 0 aromatic carbocycles. The van der Waals surface area contributed by atoms with Crippen molar-refractivity contribution in [3.05, 3.63) is 37.1 Å². The fraction of sp³-hybridized carbons (Fsp3) is 0.444. The molecule has 0 saturated heterocycles. The molecule has 0 aliphatic heterocycles. The Kier molecular flexibility index (Phi) is 15.9. The minimum Gasteiger partial charge on any atom is -0.550 e. The molecule has 7 nitrogen and oxygen atoms in total. The largest absolute Gasteiger partial charge is 1.00 e. The molecule has 0 heterocycles. The van der Waals surface area contributed by atoms with Crippen LogP contribution < -0.4 is 34.7 Å². The fourth-order valence-corrected chi connectivity index (χ4v) is 2.07. The average Bonchev–Trinajstić information content (AvgIpc) is 2.54. The molecule has 26 heavy (non-hydrogen) atoms. The Hall–Kier alpha value is -1.70. The number of rotatable bonds is 11. The maximum absolute atomic E-state index is 12.4. The zero-order valence-electron chi connectivity index (χ0n) is 15.6. The molecule has 0 saturated carbocycles. The number of allylic oxidation sites excluding steroid dienone is 4. The van der Waals surface area contributed by atoms with Gasteiger partial charge >= 0.3 is 35.5 Å². The van der Waals surface area contributed by atoms with Gasteiger partial charge in [-0.25, -0.2) is 4.79 Å². The van der Waals surface area contributed by atoms with Crippen molar-refractivity contribution < 1.29 is 58.6 Å². The van der Waals surface area contributed by atoms with Crippen LogP contribution in [0.2, 0.25) is 0 Å². The number of esters is 1. The van der Waals surface area contributed by atoms with Gasteiger partial charge in [0.2, 0.25) is 11.8 Å². The predicted molar refractivity (Wildman–Crippen MR) is 89.7 cm³/mol. The first-order valence-electron chi connectivity index (χ1n) is 7.97. The summed E-state index contributed by atoms with van der Waals surface area (Å²) in [5, 5.41) is 11.0. The van der Waals surface area contributed by atoms with Crippen LogP contribution in [-0.2, 0) is 23.9 Å². The van der Waals surface area contributed by atoms with Crippen molar-refractivity contribution >= 4 is 23.8 Å². The van der Waals surface area contributed by atoms with Crippen LogP contribution in [0.25, 0.3) is 0 Å². The van der Waals surface area contributed by atoms with Crippen LogP contribution >= 0.6 is 0 Å². The molecule has 0 bridgehead atoms. The summed E-state index contributed by atoms with van der Waals surface area (Å²) in [6, 6.07) is -1.58. The van der Waals surface area contributed by atoms with E-state index >= 15 is 0 Å². The number of carbonyl (C=O) groups excluding carboxylic acids is 4. The number of hydrogen-bond donors (Lipinski definition) is 0. The standard InChI is InChI=1S/C18H25NO6.Na/c1-4-7-9-11-15(20)19(16(21)12-10-8-5-2)14(13-17(22)23)18(24)25-6-3;/h4-8,14H,3,9-13H2,1-2H3,(H,22,23);/q;+1/p-1/b7-4+,8-5+;. The van der Waals surface area contributed by atoms with E-state index in [-0.39, 0.29) is 42.4 Å². The smallest absolute Gasteiger partial charge is 0.550 e. The fourth-order valence-electron chi connectivity index (χ4n) is 2.07. The summed E-state index contributed by atoms with van der Waals surface area (Å²) in [5.41, 5.74) is 0. The van der Waals surface area contributed by atoms with Crippen molar-refractivity contribution in [2.75, 3.05) is 0 Å². The molecular weight excluding hydrogens is 349 g/mol. The second-order valence-electron chi connectivity index (χ2n) is 5.07. The molecule has 0 rings (SSSR count). The molecule has 8 heteroatoms. The maximum atomic E-state index is 12.4. The summed E-state index contributed by atoms with van der Waals surface area (Å²) < 4.78 is 4.60. The molecule has 138 valence electrons. The van der Waals surface area contributed by atoms with Crippen LogP contribution in [0.5, 0.6) is 0 Å². The summed E-state index contributed by atoms with van der Waals surface area (Å²) in [6.45, 7) is 6.78. The first kappa shape index (κ1) is 26.5. The molecule has 1 atom stereocenters. The topological polar surface area (TPSA) is 104 Å². The van der Waals surface area contributed by atoms with Crippen LogP contribution in [-0.4, -0.2) is 34.7 Å². The van der Waals surface area contributed by atoms with Gasteiger partial charge in [-0.15, -0.1) is 0 Å². The molecule has 1 unspecified atom stereocenters. The minimum atomic E-state index is -1.58. The van der Waals surface area contributed by atoms with Gasteiger partial charge in [0.15, 0.2) is 0 Å². The number of amides is 2. The van der Waals surface area contributed by atoms with E-state index in [9.17, 15) is 24.3 Å². The van der Waals surface area contributed by atoms with E-state index in [4.69, 9.17) is 0 Å². The van der Waals surface area contributed by atoms with Crippen LogP contribution in [0.3, 0.4) is 0 Å². The van der Waals surface area contributed by atoms with Gasteiger partial charge in [0.05, 0.1) is 6.26 Å². The molecule has 0 fully saturated rings. The third-order valence-corrected chi connectivity index (χ3v) is 3.20. The second-order valence-corrected chi connectivity index (χ2v) is 5.07. The van der Waals surface area contributed by atoms with Gasteiger partial charge in [-0.2, -0.15) is 0 Å². The number of hydrogen-bond acceptors (Lipinski definition) is 6. The molecule has 0 N–H and O–H groups in total. The maximum Gasteiger partial charge on any atom is 1.00 e. The summed E-state index contributed by atoms with van der Waals surface area (Å²) in [7, 11) is 0. The van der Waals surface area contributed by atoms with Gasteiger partial charge in [0, 0.05) is 25.2 Å². The quantitative estimate of drug-likeness (QED) is 0.184. The van der Waals surface area contributed by atoms with Gasteiger partial charge in [0.1, 0.15) is 6.04 Å². The Bertz CT molecular complexity index is 528. The zero-order chi connectivity index (χ0) is 19.2. The van der Waals surface area contributed by atoms with Crippen molar-refractivity contribution in [2.45, 2.75) is 52.0 Å². The van der Waals surface area contributed by atoms with E-state index in [2.05, 4.69) is 11.3 Å². The van der Waals surface area contributed by atoms with Crippen LogP contribution in [0.4, 0.5) is 0 Å². The van der Waals surface area contributed by atoms with Crippen molar-refractivity contribution in [2.24, 2.45) is 0 Å².